The molecule has 6 nitrogen and oxygen atoms in total. The van der Waals surface area contributed by atoms with Gasteiger partial charge in [-0.05, 0) is 49.9 Å². The molecular weight excluding hydrogens is 378 g/mol. The highest BCUT2D eigenvalue weighted by molar-refractivity contribution is 6.24. The van der Waals surface area contributed by atoms with Gasteiger partial charge in [-0.1, -0.05) is 45.9 Å². The first kappa shape index (κ1) is 22.5. The van der Waals surface area contributed by atoms with Crippen molar-refractivity contribution in [3.8, 4) is 0 Å². The van der Waals surface area contributed by atoms with E-state index in [1.807, 2.05) is 32.2 Å². The number of para-hydroxylation sites is 1. The lowest BCUT2D eigenvalue weighted by molar-refractivity contribution is -0.164. The summed E-state index contributed by atoms with van der Waals surface area (Å²) in [4.78, 5) is 43.8. The topological polar surface area (TPSA) is 69.7 Å². The zero-order valence-corrected chi connectivity index (χ0v) is 19.3. The highest BCUT2D eigenvalue weighted by Crippen LogP contribution is 2.41. The molecule has 1 N–H and O–H groups in total. The van der Waals surface area contributed by atoms with Gasteiger partial charge in [0.25, 0.3) is 0 Å². The fourth-order valence-electron chi connectivity index (χ4n) is 5.19. The Morgan fingerprint density at radius 2 is 1.67 bits per heavy atom. The summed E-state index contributed by atoms with van der Waals surface area (Å²) in [7, 11) is 3.71. The van der Waals surface area contributed by atoms with E-state index in [1.165, 1.54) is 0 Å². The van der Waals surface area contributed by atoms with Crippen LogP contribution in [0.25, 0.3) is 0 Å². The number of rotatable bonds is 4. The summed E-state index contributed by atoms with van der Waals surface area (Å²) in [6.45, 7) is 11.6. The predicted molar refractivity (Wildman–Crippen MR) is 119 cm³/mol. The summed E-state index contributed by atoms with van der Waals surface area (Å²) in [5.74, 6) is -2.06. The minimum atomic E-state index is -1.30. The van der Waals surface area contributed by atoms with Crippen LogP contribution in [0.1, 0.15) is 64.0 Å². The van der Waals surface area contributed by atoms with Gasteiger partial charge in [0.2, 0.25) is 11.8 Å². The maximum Gasteiger partial charge on any atom is 0.244 e. The van der Waals surface area contributed by atoms with Gasteiger partial charge < -0.3 is 15.1 Å². The van der Waals surface area contributed by atoms with Crippen molar-refractivity contribution in [3.05, 3.63) is 29.3 Å². The first-order chi connectivity index (χ1) is 14.0. The van der Waals surface area contributed by atoms with Gasteiger partial charge in [0.1, 0.15) is 0 Å². The van der Waals surface area contributed by atoms with Crippen LogP contribution in [-0.4, -0.2) is 60.6 Å². The monoisotopic (exact) mass is 413 g/mol. The second kappa shape index (κ2) is 8.14. The average molecular weight is 414 g/mol. The molecule has 30 heavy (non-hydrogen) atoms. The molecule has 164 valence electrons. The van der Waals surface area contributed by atoms with Crippen molar-refractivity contribution in [1.82, 2.24) is 9.80 Å². The number of carbonyl (C=O) groups is 3. The van der Waals surface area contributed by atoms with Crippen LogP contribution in [0.5, 0.6) is 0 Å². The molecule has 2 saturated heterocycles. The van der Waals surface area contributed by atoms with Gasteiger partial charge in [-0.2, -0.15) is 0 Å². The molecule has 1 unspecified atom stereocenters. The Kier molecular flexibility index (Phi) is 6.10. The molecule has 0 saturated carbocycles. The number of benzene rings is 1. The summed E-state index contributed by atoms with van der Waals surface area (Å²) in [5.41, 5.74) is 2.03. The van der Waals surface area contributed by atoms with Crippen LogP contribution in [0.3, 0.4) is 0 Å². The van der Waals surface area contributed by atoms with Crippen LogP contribution in [0.4, 0.5) is 5.69 Å². The van der Waals surface area contributed by atoms with Gasteiger partial charge in [-0.15, -0.1) is 0 Å². The van der Waals surface area contributed by atoms with E-state index in [4.69, 9.17) is 0 Å². The van der Waals surface area contributed by atoms with E-state index in [2.05, 4.69) is 37.9 Å². The van der Waals surface area contributed by atoms with E-state index in [0.29, 0.717) is 6.54 Å². The Labute approximate surface area is 180 Å². The Bertz CT molecular complexity index is 837. The number of fused-ring (bicyclic) bond motifs is 1. The number of Topliss-reactive ketones (excluding diaryl/α,β-unsaturated/α-hetero) is 1. The van der Waals surface area contributed by atoms with E-state index in [0.717, 1.165) is 29.8 Å². The number of amides is 2. The Balaban J connectivity index is 1.98. The fraction of sp³-hybridized carbons (Fsp3) is 0.625. The van der Waals surface area contributed by atoms with E-state index in [1.54, 1.807) is 11.9 Å². The molecule has 2 aliphatic rings. The van der Waals surface area contributed by atoms with Crippen molar-refractivity contribution in [2.45, 2.75) is 58.9 Å². The predicted octanol–water partition coefficient (Wildman–Crippen LogP) is 3.24. The lowest BCUT2D eigenvalue weighted by Crippen LogP contribution is -2.68. The van der Waals surface area contributed by atoms with Crippen LogP contribution >= 0.6 is 0 Å². The molecule has 3 atom stereocenters. The number of ketones is 1. The van der Waals surface area contributed by atoms with Crippen molar-refractivity contribution >= 4 is 23.3 Å². The molecule has 1 aromatic rings. The number of hydrogen-bond donors (Lipinski definition) is 1. The van der Waals surface area contributed by atoms with Gasteiger partial charge in [-0.25, -0.2) is 0 Å². The molecule has 6 heteroatoms. The fourth-order valence-corrected chi connectivity index (χ4v) is 5.19. The Morgan fingerprint density at radius 3 is 2.20 bits per heavy atom. The molecular formula is C24H35N3O3. The maximum absolute atomic E-state index is 13.5. The van der Waals surface area contributed by atoms with Crippen molar-refractivity contribution in [3.63, 3.8) is 0 Å². The zero-order valence-electron chi connectivity index (χ0n) is 19.3. The smallest absolute Gasteiger partial charge is 0.244 e. The van der Waals surface area contributed by atoms with Gasteiger partial charge in [-0.3, -0.25) is 14.4 Å². The summed E-state index contributed by atoms with van der Waals surface area (Å²) >= 11 is 0. The van der Waals surface area contributed by atoms with Gasteiger partial charge in [0.05, 0.1) is 5.41 Å². The number of hydrogen-bond acceptors (Lipinski definition) is 4. The van der Waals surface area contributed by atoms with E-state index < -0.39 is 23.1 Å². The highest BCUT2D eigenvalue weighted by Gasteiger charge is 2.58. The van der Waals surface area contributed by atoms with E-state index in [9.17, 15) is 14.4 Å². The van der Waals surface area contributed by atoms with E-state index in [-0.39, 0.29) is 23.7 Å². The van der Waals surface area contributed by atoms with Crippen LogP contribution in [0, 0.1) is 11.3 Å². The third-order valence-electron chi connectivity index (χ3n) is 6.89. The summed E-state index contributed by atoms with van der Waals surface area (Å²) in [5, 5.41) is 3.00. The normalized spacial score (nSPS) is 27.6. The Hall–Kier alpha value is -2.21. The number of likely N-dealkylation sites (tertiary alicyclic amines) is 2. The third kappa shape index (κ3) is 3.66. The molecule has 0 spiro atoms. The quantitative estimate of drug-likeness (QED) is 0.770. The molecule has 0 aromatic heterocycles. The SMILES string of the molecule is CC(C)c1cccc(C(C)C)c1NC(=O)C1C(=O)N(C)[C@H]2CCN(C)C[C@]2(C)C1=O. The second-order valence-corrected chi connectivity index (χ2v) is 9.82. The molecule has 2 aliphatic heterocycles. The molecule has 2 amide bonds. The molecule has 1 aromatic carbocycles. The third-order valence-corrected chi connectivity index (χ3v) is 6.89. The summed E-state index contributed by atoms with van der Waals surface area (Å²) in [6, 6.07) is 5.83. The van der Waals surface area contributed by atoms with Gasteiger partial charge in [0, 0.05) is 25.3 Å². The number of piperidine rings is 2. The average Bonchev–Trinajstić information content (AvgIpc) is 2.66. The van der Waals surface area contributed by atoms with Crippen LogP contribution < -0.4 is 5.32 Å². The highest BCUT2D eigenvalue weighted by atomic mass is 16.2. The van der Waals surface area contributed by atoms with Crippen LogP contribution in [0.15, 0.2) is 18.2 Å². The van der Waals surface area contributed by atoms with Crippen molar-refractivity contribution in [2.75, 3.05) is 32.5 Å². The number of nitrogens with zero attached hydrogens (tertiary/aromatic N) is 2. The van der Waals surface area contributed by atoms with Gasteiger partial charge >= 0.3 is 0 Å². The molecule has 3 rings (SSSR count). The maximum atomic E-state index is 13.5. The second-order valence-electron chi connectivity index (χ2n) is 9.82. The number of carbonyl (C=O) groups excluding carboxylic acids is 3. The molecule has 2 heterocycles. The lowest BCUT2D eigenvalue weighted by atomic mass is 9.66. The zero-order chi connectivity index (χ0) is 22.4. The lowest BCUT2D eigenvalue weighted by Gasteiger charge is -2.52. The van der Waals surface area contributed by atoms with Crippen molar-refractivity contribution < 1.29 is 14.4 Å². The standard InChI is InChI=1S/C24H35N3O3/c1-14(2)16-9-8-10-17(15(3)4)20(16)25-22(29)19-21(28)24(5)13-26(6)12-11-18(24)27(7)23(19)30/h8-10,14-15,18-19H,11-13H2,1-7H3,(H,25,29)/t18-,19?,24-/m0/s1. The van der Waals surface area contributed by atoms with Gasteiger partial charge in [0.15, 0.2) is 11.7 Å². The molecule has 0 aliphatic carbocycles. The van der Waals surface area contributed by atoms with Crippen LogP contribution in [0.2, 0.25) is 0 Å². The first-order valence-electron chi connectivity index (χ1n) is 10.9. The number of anilines is 1. The van der Waals surface area contributed by atoms with Crippen LogP contribution in [-0.2, 0) is 14.4 Å². The van der Waals surface area contributed by atoms with Crippen molar-refractivity contribution in [1.29, 1.82) is 0 Å². The largest absolute Gasteiger partial charge is 0.341 e. The molecule has 2 fully saturated rings. The summed E-state index contributed by atoms with van der Waals surface area (Å²) in [6.07, 6.45) is 0.739. The molecule has 0 bridgehead atoms. The van der Waals surface area contributed by atoms with Crippen molar-refractivity contribution in [2.24, 2.45) is 11.3 Å². The Morgan fingerprint density at radius 1 is 1.10 bits per heavy atom. The first-order valence-corrected chi connectivity index (χ1v) is 10.9. The minimum Gasteiger partial charge on any atom is -0.341 e. The minimum absolute atomic E-state index is 0.160. The molecule has 0 radical (unpaired) electrons. The summed E-state index contributed by atoms with van der Waals surface area (Å²) < 4.78 is 0. The number of nitrogens with one attached hydrogen (secondary N) is 1. The van der Waals surface area contributed by atoms with E-state index >= 15 is 0 Å².